The first-order valence-electron chi connectivity index (χ1n) is 10.3. The van der Waals surface area contributed by atoms with E-state index in [9.17, 15) is 22.8 Å². The fourth-order valence-electron chi connectivity index (χ4n) is 4.37. The van der Waals surface area contributed by atoms with Crippen molar-refractivity contribution >= 4 is 23.2 Å². The molecule has 1 aromatic carbocycles. The van der Waals surface area contributed by atoms with Crippen LogP contribution in [-0.4, -0.2) is 61.2 Å². The number of amides is 2. The van der Waals surface area contributed by atoms with Gasteiger partial charge in [-0.25, -0.2) is 0 Å². The Kier molecular flexibility index (Phi) is 6.43. The van der Waals surface area contributed by atoms with Crippen LogP contribution < -0.4 is 10.1 Å². The third-order valence-corrected chi connectivity index (χ3v) is 6.79. The predicted octanol–water partition coefficient (Wildman–Crippen LogP) is 3.21. The molecule has 2 heterocycles. The summed E-state index contributed by atoms with van der Waals surface area (Å²) in [6.07, 6.45) is -4.80. The van der Waals surface area contributed by atoms with Crippen molar-refractivity contribution in [1.82, 2.24) is 15.1 Å². The van der Waals surface area contributed by atoms with Crippen LogP contribution in [-0.2, 0) is 11.3 Å². The highest BCUT2D eigenvalue weighted by molar-refractivity contribution is 7.07. The molecule has 2 amide bonds. The van der Waals surface area contributed by atoms with Crippen molar-refractivity contribution in [1.29, 1.82) is 0 Å². The highest BCUT2D eigenvalue weighted by atomic mass is 32.1. The molecule has 0 bridgehead atoms. The fourth-order valence-corrected chi connectivity index (χ4v) is 5.03. The first-order chi connectivity index (χ1) is 15.2. The summed E-state index contributed by atoms with van der Waals surface area (Å²) in [7, 11) is 1.81. The molecule has 0 radical (unpaired) electrons. The molecule has 2 aliphatic rings. The molecule has 2 atom stereocenters. The first kappa shape index (κ1) is 22.6. The van der Waals surface area contributed by atoms with Crippen LogP contribution in [0.15, 0.2) is 41.1 Å². The molecular weight excluding hydrogens is 443 g/mol. The quantitative estimate of drug-likeness (QED) is 0.648. The van der Waals surface area contributed by atoms with Crippen LogP contribution in [0.3, 0.4) is 0 Å². The van der Waals surface area contributed by atoms with Crippen LogP contribution in [0.4, 0.5) is 13.2 Å². The summed E-state index contributed by atoms with van der Waals surface area (Å²) in [5.74, 6) is 0.449. The second kappa shape index (κ2) is 9.11. The van der Waals surface area contributed by atoms with Gasteiger partial charge in [0.05, 0.1) is 6.54 Å². The summed E-state index contributed by atoms with van der Waals surface area (Å²) in [6.45, 7) is 3.10. The average Bonchev–Trinajstić information content (AvgIpc) is 3.08. The zero-order valence-corrected chi connectivity index (χ0v) is 18.3. The fraction of sp³-hybridized carbons (Fsp3) is 0.455. The number of nitrogens with one attached hydrogen (secondary N) is 1. The predicted molar refractivity (Wildman–Crippen MR) is 113 cm³/mol. The van der Waals surface area contributed by atoms with Gasteiger partial charge in [-0.1, -0.05) is 6.07 Å². The topological polar surface area (TPSA) is 61.9 Å². The van der Waals surface area contributed by atoms with Crippen molar-refractivity contribution < 1.29 is 27.5 Å². The highest BCUT2D eigenvalue weighted by Crippen LogP contribution is 2.51. The molecule has 1 aliphatic carbocycles. The van der Waals surface area contributed by atoms with Gasteiger partial charge in [-0.3, -0.25) is 14.5 Å². The Hall–Kier alpha value is -2.59. The van der Waals surface area contributed by atoms with Gasteiger partial charge in [-0.15, -0.1) is 13.2 Å². The van der Waals surface area contributed by atoms with Crippen LogP contribution in [0.2, 0.25) is 0 Å². The Bertz CT molecular complexity index is 955. The van der Waals surface area contributed by atoms with Crippen molar-refractivity contribution in [2.75, 3.05) is 33.2 Å². The summed E-state index contributed by atoms with van der Waals surface area (Å²) < 4.78 is 40.9. The van der Waals surface area contributed by atoms with E-state index in [1.165, 1.54) is 12.1 Å². The molecule has 1 saturated heterocycles. The number of likely N-dealkylation sites (tertiary alicyclic amines) is 1. The average molecular weight is 468 g/mol. The van der Waals surface area contributed by atoms with Crippen LogP contribution in [0.25, 0.3) is 0 Å². The van der Waals surface area contributed by atoms with E-state index in [1.54, 1.807) is 16.2 Å². The molecule has 4 rings (SSSR count). The zero-order chi connectivity index (χ0) is 22.9. The lowest BCUT2D eigenvalue weighted by Gasteiger charge is -2.23. The largest absolute Gasteiger partial charge is 0.573 e. The van der Waals surface area contributed by atoms with Gasteiger partial charge >= 0.3 is 6.36 Å². The van der Waals surface area contributed by atoms with Gasteiger partial charge in [0.2, 0.25) is 5.91 Å². The monoisotopic (exact) mass is 467 g/mol. The van der Waals surface area contributed by atoms with E-state index >= 15 is 0 Å². The van der Waals surface area contributed by atoms with Crippen molar-refractivity contribution in [2.24, 2.45) is 17.8 Å². The minimum Gasteiger partial charge on any atom is -0.406 e. The number of alkyl halides is 3. The Balaban J connectivity index is 1.19. The number of benzene rings is 1. The molecule has 1 aromatic heterocycles. The van der Waals surface area contributed by atoms with Crippen LogP contribution in [0, 0.1) is 17.8 Å². The standard InChI is InChI=1S/C22H24F3N3O3S/c1-27(9-14-5-6-32-13-14)20(29)12-28-10-18-17(19(18)11-28)8-26-21(30)15-3-2-4-16(7-15)31-22(23,24)25/h2-7,13,17-19H,8-12H2,1H3,(H,26,30). The second-order valence-electron chi connectivity index (χ2n) is 8.35. The molecule has 0 spiro atoms. The zero-order valence-electron chi connectivity index (χ0n) is 17.5. The number of ether oxygens (including phenoxy) is 1. The van der Waals surface area contributed by atoms with Gasteiger partial charge in [0, 0.05) is 38.8 Å². The number of carbonyl (C=O) groups is 2. The second-order valence-corrected chi connectivity index (χ2v) is 9.13. The number of rotatable bonds is 8. The number of halogens is 3. The van der Waals surface area contributed by atoms with Gasteiger partial charge < -0.3 is 15.0 Å². The number of carbonyl (C=O) groups excluding carboxylic acids is 2. The third kappa shape index (κ3) is 5.60. The van der Waals surface area contributed by atoms with Crippen molar-refractivity contribution in [2.45, 2.75) is 12.9 Å². The third-order valence-electron chi connectivity index (χ3n) is 6.06. The molecule has 6 nitrogen and oxygen atoms in total. The lowest BCUT2D eigenvalue weighted by Crippen LogP contribution is -2.39. The first-order valence-corrected chi connectivity index (χ1v) is 11.3. The maximum absolute atomic E-state index is 12.5. The minimum atomic E-state index is -4.80. The van der Waals surface area contributed by atoms with E-state index in [4.69, 9.17) is 0 Å². The molecule has 2 aromatic rings. The van der Waals surface area contributed by atoms with Gasteiger partial charge in [0.25, 0.3) is 5.91 Å². The lowest BCUT2D eigenvalue weighted by molar-refractivity contribution is -0.274. The lowest BCUT2D eigenvalue weighted by atomic mass is 10.2. The Morgan fingerprint density at radius 2 is 2.00 bits per heavy atom. The van der Waals surface area contributed by atoms with Crippen LogP contribution in [0.1, 0.15) is 15.9 Å². The maximum atomic E-state index is 12.5. The molecule has 32 heavy (non-hydrogen) atoms. The van der Waals surface area contributed by atoms with Crippen LogP contribution >= 0.6 is 11.3 Å². The van der Waals surface area contributed by atoms with E-state index in [2.05, 4.69) is 15.0 Å². The summed E-state index contributed by atoms with van der Waals surface area (Å²) in [4.78, 5) is 28.7. The molecule has 172 valence electrons. The van der Waals surface area contributed by atoms with E-state index in [0.717, 1.165) is 30.8 Å². The number of piperidine rings is 1. The van der Waals surface area contributed by atoms with Crippen molar-refractivity contribution in [3.8, 4) is 5.75 Å². The van der Waals surface area contributed by atoms with E-state index in [-0.39, 0.29) is 11.5 Å². The number of hydrogen-bond acceptors (Lipinski definition) is 5. The number of thiophene rings is 1. The van der Waals surface area contributed by atoms with Gasteiger partial charge in [-0.05, 0) is 58.3 Å². The number of hydrogen-bond donors (Lipinski definition) is 1. The highest BCUT2D eigenvalue weighted by Gasteiger charge is 2.55. The molecule has 10 heteroatoms. The van der Waals surface area contributed by atoms with Gasteiger partial charge in [0.15, 0.2) is 0 Å². The van der Waals surface area contributed by atoms with Crippen LogP contribution in [0.5, 0.6) is 5.75 Å². The Morgan fingerprint density at radius 1 is 1.25 bits per heavy atom. The van der Waals surface area contributed by atoms with Gasteiger partial charge in [-0.2, -0.15) is 11.3 Å². The molecule has 1 saturated carbocycles. The van der Waals surface area contributed by atoms with E-state index in [1.807, 2.05) is 23.9 Å². The number of fused-ring (bicyclic) bond motifs is 1. The Labute approximate surface area is 187 Å². The molecule has 1 N–H and O–H groups in total. The van der Waals surface area contributed by atoms with Crippen molar-refractivity contribution in [3.63, 3.8) is 0 Å². The van der Waals surface area contributed by atoms with Gasteiger partial charge in [0.1, 0.15) is 5.75 Å². The number of likely N-dealkylation sites (N-methyl/N-ethyl adjacent to an activating group) is 1. The molecular formula is C22H24F3N3O3S. The van der Waals surface area contributed by atoms with E-state index in [0.29, 0.717) is 37.4 Å². The summed E-state index contributed by atoms with van der Waals surface area (Å²) in [6, 6.07) is 7.05. The van der Waals surface area contributed by atoms with E-state index < -0.39 is 18.0 Å². The smallest absolute Gasteiger partial charge is 0.406 e. The molecule has 2 fully saturated rings. The Morgan fingerprint density at radius 3 is 2.66 bits per heavy atom. The number of nitrogens with zero attached hydrogens (tertiary/aromatic N) is 2. The summed E-state index contributed by atoms with van der Waals surface area (Å²) in [5, 5.41) is 6.84. The minimum absolute atomic E-state index is 0.0864. The normalized spacial score (nSPS) is 22.3. The SMILES string of the molecule is CN(Cc1ccsc1)C(=O)CN1CC2C(CNC(=O)c3cccc(OC(F)(F)F)c3)C2C1. The molecule has 2 unspecified atom stereocenters. The summed E-state index contributed by atoms with van der Waals surface area (Å²) >= 11 is 1.61. The van der Waals surface area contributed by atoms with Crippen molar-refractivity contribution in [3.05, 3.63) is 52.2 Å². The molecule has 1 aliphatic heterocycles. The maximum Gasteiger partial charge on any atom is 0.573 e. The summed E-state index contributed by atoms with van der Waals surface area (Å²) in [5.41, 5.74) is 1.25.